The van der Waals surface area contributed by atoms with E-state index >= 15 is 0 Å². The second-order valence-electron chi connectivity index (χ2n) is 5.60. The second kappa shape index (κ2) is 7.66. The molecule has 1 unspecified atom stereocenters. The molecule has 0 aliphatic carbocycles. The van der Waals surface area contributed by atoms with Crippen LogP contribution in [0, 0.1) is 0 Å². The average Bonchev–Trinajstić information content (AvgIpc) is 2.59. The van der Waals surface area contributed by atoms with Crippen molar-refractivity contribution in [3.8, 4) is 0 Å². The van der Waals surface area contributed by atoms with Gasteiger partial charge in [-0.2, -0.15) is 23.8 Å². The third-order valence-corrected chi connectivity index (χ3v) is 5.93. The molecule has 1 atom stereocenters. The monoisotopic (exact) mass is 421 g/mol. The molecule has 3 rings (SSSR count). The van der Waals surface area contributed by atoms with Crippen LogP contribution in [0.25, 0.3) is 0 Å². The molecular weight excluding hydrogens is 407 g/mol. The lowest BCUT2D eigenvalue weighted by Gasteiger charge is -2.29. The number of anilines is 1. The molecule has 0 saturated carbocycles. The Hall–Kier alpha value is -1.83. The number of hydrogen-bond acceptors (Lipinski definition) is 7. The number of benzene rings is 2. The maximum Gasteiger partial charge on any atom is 0.417 e. The molecule has 7 nitrogen and oxygen atoms in total. The van der Waals surface area contributed by atoms with E-state index in [0.717, 1.165) is 17.7 Å². The van der Waals surface area contributed by atoms with Crippen molar-refractivity contribution < 1.29 is 30.9 Å². The van der Waals surface area contributed by atoms with Crippen LogP contribution < -0.4 is 15.9 Å². The van der Waals surface area contributed by atoms with Gasteiger partial charge in [0.2, 0.25) is 10.0 Å². The normalized spacial score (nSPS) is 18.6. The van der Waals surface area contributed by atoms with Crippen molar-refractivity contribution >= 4 is 27.8 Å². The van der Waals surface area contributed by atoms with Crippen molar-refractivity contribution in [2.45, 2.75) is 28.6 Å². The van der Waals surface area contributed by atoms with E-state index in [4.69, 9.17) is 0 Å². The fraction of sp³-hybridized carbons (Fsp3) is 0.200. The first-order chi connectivity index (χ1) is 12.7. The van der Waals surface area contributed by atoms with Crippen LogP contribution in [-0.2, 0) is 31.9 Å². The van der Waals surface area contributed by atoms with Crippen molar-refractivity contribution in [2.24, 2.45) is 5.90 Å². The molecule has 27 heavy (non-hydrogen) atoms. The van der Waals surface area contributed by atoms with Crippen LogP contribution in [0.4, 0.5) is 18.9 Å². The van der Waals surface area contributed by atoms with Crippen LogP contribution in [-0.4, -0.2) is 14.6 Å². The molecule has 1 heterocycles. The number of alkyl halides is 3. The summed E-state index contributed by atoms with van der Waals surface area (Å²) in [6.45, 7) is 0. The van der Waals surface area contributed by atoms with Gasteiger partial charge in [-0.1, -0.05) is 30.3 Å². The van der Waals surface area contributed by atoms with Crippen LogP contribution >= 0.6 is 12.0 Å². The highest BCUT2D eigenvalue weighted by Crippen LogP contribution is 2.42. The average molecular weight is 421 g/mol. The lowest BCUT2D eigenvalue weighted by Crippen LogP contribution is -2.46. The number of sulfonamides is 1. The summed E-state index contributed by atoms with van der Waals surface area (Å²) >= 11 is 0.164. The van der Waals surface area contributed by atoms with Gasteiger partial charge < -0.3 is 5.32 Å². The largest absolute Gasteiger partial charge is 0.417 e. The van der Waals surface area contributed by atoms with Gasteiger partial charge in [0, 0.05) is 6.42 Å². The molecule has 0 aromatic heterocycles. The highest BCUT2D eigenvalue weighted by Gasteiger charge is 2.38. The molecule has 1 aliphatic heterocycles. The van der Waals surface area contributed by atoms with Gasteiger partial charge in [0.15, 0.2) is 0 Å². The van der Waals surface area contributed by atoms with Crippen molar-refractivity contribution in [2.75, 3.05) is 5.32 Å². The zero-order valence-corrected chi connectivity index (χ0v) is 15.1. The summed E-state index contributed by atoms with van der Waals surface area (Å²) in [5.74, 6) is 4.65. The van der Waals surface area contributed by atoms with E-state index in [1.165, 1.54) is 0 Å². The Morgan fingerprint density at radius 1 is 1.19 bits per heavy atom. The van der Waals surface area contributed by atoms with E-state index in [1.54, 1.807) is 30.3 Å². The van der Waals surface area contributed by atoms with Crippen molar-refractivity contribution in [1.82, 2.24) is 4.72 Å². The van der Waals surface area contributed by atoms with E-state index in [0.29, 0.717) is 0 Å². The molecule has 1 aliphatic rings. The minimum Gasteiger partial charge on any atom is -0.368 e. The Morgan fingerprint density at radius 2 is 1.89 bits per heavy atom. The van der Waals surface area contributed by atoms with Crippen LogP contribution in [0.2, 0.25) is 0 Å². The molecule has 0 spiro atoms. The smallest absolute Gasteiger partial charge is 0.368 e. The maximum atomic E-state index is 13.3. The first-order valence-electron chi connectivity index (χ1n) is 7.49. The van der Waals surface area contributed by atoms with Crippen molar-refractivity contribution in [1.29, 1.82) is 0 Å². The number of nitrogens with one attached hydrogen (secondary N) is 2. The van der Waals surface area contributed by atoms with E-state index in [-0.39, 0.29) is 29.0 Å². The number of rotatable bonds is 5. The van der Waals surface area contributed by atoms with E-state index in [2.05, 4.69) is 25.3 Å². The number of halogens is 3. The molecule has 2 aromatic carbocycles. The fourth-order valence-corrected chi connectivity index (χ4v) is 4.60. The molecule has 12 heteroatoms. The first-order valence-corrected chi connectivity index (χ1v) is 9.71. The third kappa shape index (κ3) is 4.54. The van der Waals surface area contributed by atoms with Crippen LogP contribution in [0.1, 0.15) is 11.1 Å². The van der Waals surface area contributed by atoms with Gasteiger partial charge in [-0.3, -0.25) is 0 Å². The summed E-state index contributed by atoms with van der Waals surface area (Å²) in [4.78, 5) is 2.98. The summed E-state index contributed by atoms with van der Waals surface area (Å²) in [7, 11) is -4.04. The molecule has 0 radical (unpaired) electrons. The van der Waals surface area contributed by atoms with E-state index in [9.17, 15) is 21.6 Å². The van der Waals surface area contributed by atoms with Gasteiger partial charge >= 0.3 is 6.18 Å². The van der Waals surface area contributed by atoms with Gasteiger partial charge in [-0.05, 0) is 17.7 Å². The molecular formula is C15H14F3N3O4S2. The summed E-state index contributed by atoms with van der Waals surface area (Å²) in [6, 6.07) is 10.5. The minimum atomic E-state index is -4.74. The Morgan fingerprint density at radius 3 is 2.52 bits per heavy atom. The van der Waals surface area contributed by atoms with Crippen LogP contribution in [0.15, 0.2) is 52.3 Å². The summed E-state index contributed by atoms with van der Waals surface area (Å²) in [6.07, 6.45) is -5.28. The van der Waals surface area contributed by atoms with Crippen LogP contribution in [0.5, 0.6) is 0 Å². The maximum absolute atomic E-state index is 13.3. The van der Waals surface area contributed by atoms with Gasteiger partial charge in [-0.25, -0.2) is 8.42 Å². The van der Waals surface area contributed by atoms with Crippen LogP contribution in [0.3, 0.4) is 0 Å². The van der Waals surface area contributed by atoms with Gasteiger partial charge in [0.25, 0.3) is 0 Å². The van der Waals surface area contributed by atoms with E-state index in [1.807, 2.05) is 0 Å². The van der Waals surface area contributed by atoms with Gasteiger partial charge in [0.05, 0.1) is 34.4 Å². The van der Waals surface area contributed by atoms with Crippen molar-refractivity contribution in [3.05, 3.63) is 53.6 Å². The molecule has 0 saturated heterocycles. The zero-order valence-electron chi connectivity index (χ0n) is 13.5. The highest BCUT2D eigenvalue weighted by molar-refractivity contribution is 7.94. The number of fused-ring (bicyclic) bond motifs is 1. The lowest BCUT2D eigenvalue weighted by molar-refractivity contribution is -0.195. The molecule has 0 bridgehead atoms. The molecule has 0 amide bonds. The quantitative estimate of drug-likeness (QED) is 0.388. The number of hydrogen-bond donors (Lipinski definition) is 3. The molecule has 4 N–H and O–H groups in total. The Kier molecular flexibility index (Phi) is 5.65. The lowest BCUT2D eigenvalue weighted by atomic mass is 10.1. The Balaban J connectivity index is 1.99. The summed E-state index contributed by atoms with van der Waals surface area (Å²) < 4.78 is 71.8. The predicted octanol–water partition coefficient (Wildman–Crippen LogP) is 2.81. The number of nitrogens with two attached hydrogens (primary N) is 1. The molecule has 2 aromatic rings. The van der Waals surface area contributed by atoms with Gasteiger partial charge in [0.1, 0.15) is 4.90 Å². The molecule has 146 valence electrons. The SMILES string of the molecule is NOOSc1cc2c(cc1C(F)(F)F)NC(Cc1ccccc1)NS2(=O)=O. The summed E-state index contributed by atoms with van der Waals surface area (Å²) in [5, 5.41) is 2.80. The standard InChI is InChI=1S/C15H14F3N3O4S2/c16-15(17,18)10-7-11-13(8-12(10)26-25-24-19)27(22,23)21-14(20-11)6-9-4-2-1-3-5-9/h1-5,7-8,14,20-21H,6,19H2. The Bertz CT molecular complexity index is 924. The summed E-state index contributed by atoms with van der Waals surface area (Å²) in [5.41, 5.74) is -0.413. The second-order valence-corrected chi connectivity index (χ2v) is 8.02. The topological polar surface area (TPSA) is 103 Å². The predicted molar refractivity (Wildman–Crippen MR) is 91.5 cm³/mol. The fourth-order valence-electron chi connectivity index (χ4n) is 2.65. The molecule has 0 fully saturated rings. The van der Waals surface area contributed by atoms with Gasteiger partial charge in [-0.15, -0.1) is 9.32 Å². The first kappa shape index (κ1) is 19.9. The zero-order chi connectivity index (χ0) is 19.7. The highest BCUT2D eigenvalue weighted by atomic mass is 32.2. The minimum absolute atomic E-state index is 0.153. The third-order valence-electron chi connectivity index (χ3n) is 3.75. The van der Waals surface area contributed by atoms with E-state index < -0.39 is 32.8 Å². The van der Waals surface area contributed by atoms with Crippen molar-refractivity contribution in [3.63, 3.8) is 0 Å². The Labute approximate surface area is 157 Å².